The van der Waals surface area contributed by atoms with E-state index >= 15 is 0 Å². The summed E-state index contributed by atoms with van der Waals surface area (Å²) in [6.45, 7) is 1.43. The van der Waals surface area contributed by atoms with E-state index in [1.165, 1.54) is 10.9 Å². The highest BCUT2D eigenvalue weighted by Gasteiger charge is 2.05. The van der Waals surface area contributed by atoms with E-state index in [4.69, 9.17) is 0 Å². The highest BCUT2D eigenvalue weighted by Crippen LogP contribution is 2.17. The molecule has 0 unspecified atom stereocenters. The Hall–Kier alpha value is -2.55. The van der Waals surface area contributed by atoms with Gasteiger partial charge in [0.25, 0.3) is 0 Å². The SMILES string of the molecule is CN=C(NCCc1c[nH]c2ccccc12)NCC(=O)NCc1ccccc1.I. The summed E-state index contributed by atoms with van der Waals surface area (Å²) in [6.07, 6.45) is 2.91. The molecule has 0 aliphatic rings. The number of aromatic amines is 1. The Morgan fingerprint density at radius 2 is 1.75 bits per heavy atom. The van der Waals surface area contributed by atoms with Crippen molar-refractivity contribution >= 4 is 46.7 Å². The van der Waals surface area contributed by atoms with Gasteiger partial charge in [-0.3, -0.25) is 9.79 Å². The van der Waals surface area contributed by atoms with Crippen LogP contribution in [0, 0.1) is 0 Å². The lowest BCUT2D eigenvalue weighted by Crippen LogP contribution is -2.43. The largest absolute Gasteiger partial charge is 0.361 e. The lowest BCUT2D eigenvalue weighted by Gasteiger charge is -2.12. The standard InChI is InChI=1S/C21H25N5O.HI/c1-22-21(26-15-20(27)25-13-16-7-3-2-4-8-16)23-12-11-17-14-24-19-10-6-5-9-18(17)19;/h2-10,14,24H,11-13,15H2,1H3,(H,25,27)(H2,22,23,26);1H. The van der Waals surface area contributed by atoms with Gasteiger partial charge < -0.3 is 20.9 Å². The van der Waals surface area contributed by atoms with Crippen LogP contribution in [0.5, 0.6) is 0 Å². The van der Waals surface area contributed by atoms with Gasteiger partial charge in [0, 0.05) is 37.2 Å². The van der Waals surface area contributed by atoms with Crippen LogP contribution in [-0.4, -0.2) is 37.0 Å². The molecule has 1 aromatic heterocycles. The first kappa shape index (κ1) is 21.7. The fraction of sp³-hybridized carbons (Fsp3) is 0.238. The number of nitrogens with one attached hydrogen (secondary N) is 4. The van der Waals surface area contributed by atoms with Crippen molar-refractivity contribution in [3.05, 3.63) is 71.9 Å². The lowest BCUT2D eigenvalue weighted by atomic mass is 10.1. The molecule has 0 radical (unpaired) electrons. The molecule has 0 saturated carbocycles. The van der Waals surface area contributed by atoms with Crippen LogP contribution >= 0.6 is 24.0 Å². The van der Waals surface area contributed by atoms with Crippen LogP contribution in [0.1, 0.15) is 11.1 Å². The third-order valence-electron chi connectivity index (χ3n) is 4.33. The second-order valence-electron chi connectivity index (χ2n) is 6.22. The number of para-hydroxylation sites is 1. The van der Waals surface area contributed by atoms with Crippen LogP contribution in [0.25, 0.3) is 10.9 Å². The number of halogens is 1. The predicted molar refractivity (Wildman–Crippen MR) is 125 cm³/mol. The van der Waals surface area contributed by atoms with Crippen molar-refractivity contribution in [3.63, 3.8) is 0 Å². The molecule has 0 aliphatic heterocycles. The summed E-state index contributed by atoms with van der Waals surface area (Å²) < 4.78 is 0. The van der Waals surface area contributed by atoms with E-state index in [-0.39, 0.29) is 36.4 Å². The fourth-order valence-electron chi connectivity index (χ4n) is 2.90. The van der Waals surface area contributed by atoms with Gasteiger partial charge in [0.1, 0.15) is 0 Å². The van der Waals surface area contributed by atoms with Gasteiger partial charge in [-0.1, -0.05) is 48.5 Å². The summed E-state index contributed by atoms with van der Waals surface area (Å²) in [7, 11) is 1.70. The molecule has 28 heavy (non-hydrogen) atoms. The Morgan fingerprint density at radius 3 is 2.54 bits per heavy atom. The van der Waals surface area contributed by atoms with Crippen molar-refractivity contribution in [3.8, 4) is 0 Å². The molecular formula is C21H26IN5O. The Morgan fingerprint density at radius 1 is 1.00 bits per heavy atom. The molecule has 3 rings (SSSR count). The van der Waals surface area contributed by atoms with Crippen LogP contribution in [0.2, 0.25) is 0 Å². The monoisotopic (exact) mass is 491 g/mol. The molecule has 0 fully saturated rings. The van der Waals surface area contributed by atoms with E-state index in [9.17, 15) is 4.79 Å². The summed E-state index contributed by atoms with van der Waals surface area (Å²) >= 11 is 0. The number of H-pyrrole nitrogens is 1. The third-order valence-corrected chi connectivity index (χ3v) is 4.33. The number of hydrogen-bond acceptors (Lipinski definition) is 2. The average Bonchev–Trinajstić information content (AvgIpc) is 3.13. The summed E-state index contributed by atoms with van der Waals surface area (Å²) in [5.74, 6) is 0.545. The van der Waals surface area contributed by atoms with Gasteiger partial charge in [-0.15, -0.1) is 24.0 Å². The molecule has 1 amide bonds. The molecular weight excluding hydrogens is 465 g/mol. The van der Waals surface area contributed by atoms with Crippen LogP contribution < -0.4 is 16.0 Å². The van der Waals surface area contributed by atoms with Crippen molar-refractivity contribution < 1.29 is 4.79 Å². The number of guanidine groups is 1. The third kappa shape index (κ3) is 6.26. The van der Waals surface area contributed by atoms with Crippen molar-refractivity contribution in [2.24, 2.45) is 4.99 Å². The quantitative estimate of drug-likeness (QED) is 0.233. The minimum Gasteiger partial charge on any atom is -0.361 e. The van der Waals surface area contributed by atoms with Crippen molar-refractivity contribution in [1.29, 1.82) is 0 Å². The lowest BCUT2D eigenvalue weighted by molar-refractivity contribution is -0.120. The van der Waals surface area contributed by atoms with Crippen molar-refractivity contribution in [2.45, 2.75) is 13.0 Å². The van der Waals surface area contributed by atoms with Crippen LogP contribution in [0.15, 0.2) is 65.8 Å². The van der Waals surface area contributed by atoms with Crippen molar-refractivity contribution in [1.82, 2.24) is 20.9 Å². The second-order valence-corrected chi connectivity index (χ2v) is 6.22. The van der Waals surface area contributed by atoms with Gasteiger partial charge in [-0.2, -0.15) is 0 Å². The number of carbonyl (C=O) groups is 1. The molecule has 4 N–H and O–H groups in total. The van der Waals surface area contributed by atoms with Crippen LogP contribution in [0.3, 0.4) is 0 Å². The number of aromatic nitrogens is 1. The highest BCUT2D eigenvalue weighted by molar-refractivity contribution is 14.0. The van der Waals surface area contributed by atoms with Crippen molar-refractivity contribution in [2.75, 3.05) is 20.1 Å². The Bertz CT molecular complexity index is 907. The summed E-state index contributed by atoms with van der Waals surface area (Å²) in [4.78, 5) is 19.4. The molecule has 0 saturated heterocycles. The molecule has 0 aliphatic carbocycles. The maximum Gasteiger partial charge on any atom is 0.239 e. The topological polar surface area (TPSA) is 81.3 Å². The molecule has 0 spiro atoms. The Balaban J connectivity index is 0.00000280. The van der Waals surface area contributed by atoms with Gasteiger partial charge in [0.15, 0.2) is 5.96 Å². The number of benzene rings is 2. The molecule has 2 aromatic carbocycles. The van der Waals surface area contributed by atoms with Gasteiger partial charge in [-0.05, 0) is 23.6 Å². The highest BCUT2D eigenvalue weighted by atomic mass is 127. The number of hydrogen-bond donors (Lipinski definition) is 4. The average molecular weight is 491 g/mol. The minimum absolute atomic E-state index is 0. The molecule has 7 heteroatoms. The van der Waals surface area contributed by atoms with Crippen LogP contribution in [-0.2, 0) is 17.8 Å². The first-order valence-electron chi connectivity index (χ1n) is 9.06. The zero-order valence-corrected chi connectivity index (χ0v) is 18.2. The Kier molecular flexibility index (Phi) is 8.80. The van der Waals surface area contributed by atoms with Gasteiger partial charge in [0.2, 0.25) is 5.91 Å². The summed E-state index contributed by atoms with van der Waals surface area (Å²) in [5.41, 5.74) is 3.48. The summed E-state index contributed by atoms with van der Waals surface area (Å²) in [6, 6.07) is 18.1. The Labute approximate surface area is 182 Å². The first-order chi connectivity index (χ1) is 13.3. The molecule has 6 nitrogen and oxygen atoms in total. The maximum atomic E-state index is 12.0. The van der Waals surface area contributed by atoms with Gasteiger partial charge >= 0.3 is 0 Å². The van der Waals surface area contributed by atoms with Gasteiger partial charge in [0.05, 0.1) is 6.54 Å². The fourth-order valence-corrected chi connectivity index (χ4v) is 2.90. The molecule has 3 aromatic rings. The van der Waals surface area contributed by atoms with Crippen LogP contribution in [0.4, 0.5) is 0 Å². The minimum atomic E-state index is -0.0709. The number of aliphatic imine (C=N–C) groups is 1. The molecule has 1 heterocycles. The van der Waals surface area contributed by atoms with Gasteiger partial charge in [-0.25, -0.2) is 0 Å². The number of fused-ring (bicyclic) bond motifs is 1. The number of nitrogens with zero attached hydrogens (tertiary/aromatic N) is 1. The number of carbonyl (C=O) groups excluding carboxylic acids is 1. The summed E-state index contributed by atoms with van der Waals surface area (Å²) in [5, 5.41) is 10.4. The van der Waals surface area contributed by atoms with E-state index in [1.807, 2.05) is 48.7 Å². The number of amides is 1. The molecule has 148 valence electrons. The van der Waals surface area contributed by atoms with E-state index in [0.717, 1.165) is 24.0 Å². The van der Waals surface area contributed by atoms with E-state index in [1.54, 1.807) is 7.05 Å². The zero-order valence-electron chi connectivity index (χ0n) is 15.9. The molecule has 0 atom stereocenters. The van der Waals surface area contributed by atoms with E-state index in [2.05, 4.69) is 38.1 Å². The van der Waals surface area contributed by atoms with E-state index in [0.29, 0.717) is 12.5 Å². The number of rotatable bonds is 7. The first-order valence-corrected chi connectivity index (χ1v) is 9.06. The zero-order chi connectivity index (χ0) is 18.9. The normalized spacial score (nSPS) is 11.0. The van der Waals surface area contributed by atoms with E-state index < -0.39 is 0 Å². The smallest absolute Gasteiger partial charge is 0.239 e. The second kappa shape index (κ2) is 11.3. The molecule has 0 bridgehead atoms. The predicted octanol–water partition coefficient (Wildman–Crippen LogP) is 2.81. The maximum absolute atomic E-state index is 12.0.